The number of nitrogens with zero attached hydrogens (tertiary/aromatic N) is 2. The minimum Gasteiger partial charge on any atom is -0.497 e. The number of sulfonamides is 1. The molecule has 1 amide bonds. The lowest BCUT2D eigenvalue weighted by Gasteiger charge is -2.19. The molecule has 0 saturated heterocycles. The molecule has 0 unspecified atom stereocenters. The minimum absolute atomic E-state index is 0.0167. The molecule has 0 aliphatic carbocycles. The summed E-state index contributed by atoms with van der Waals surface area (Å²) in [5, 5.41) is 13.4. The molecule has 2 aromatic carbocycles. The Labute approximate surface area is 270 Å². The van der Waals surface area contributed by atoms with Gasteiger partial charge in [-0.2, -0.15) is 17.5 Å². The smallest absolute Gasteiger partial charge is 0.490 e. The first-order valence-electron chi connectivity index (χ1n) is 14.1. The number of alkyl halides is 3. The van der Waals surface area contributed by atoms with Crippen LogP contribution in [0.4, 0.5) is 13.2 Å². The summed E-state index contributed by atoms with van der Waals surface area (Å²) in [6.07, 6.45) is -0.190. The number of furan rings is 1. The van der Waals surface area contributed by atoms with Crippen molar-refractivity contribution < 1.29 is 45.4 Å². The molecule has 0 bridgehead atoms. The Bertz CT molecular complexity index is 1740. The first-order chi connectivity index (χ1) is 22.1. The van der Waals surface area contributed by atoms with E-state index in [2.05, 4.69) is 15.6 Å². The fourth-order valence-corrected chi connectivity index (χ4v) is 5.93. The van der Waals surface area contributed by atoms with Gasteiger partial charge in [0.25, 0.3) is 5.91 Å². The molecule has 0 radical (unpaired) electrons. The number of aromatic nitrogens is 1. The van der Waals surface area contributed by atoms with Crippen molar-refractivity contribution in [2.75, 3.05) is 14.2 Å². The van der Waals surface area contributed by atoms with Crippen LogP contribution >= 0.6 is 0 Å². The fraction of sp³-hybridized carbons (Fsp3) is 0.281. The topological polar surface area (TPSA) is 151 Å². The van der Waals surface area contributed by atoms with E-state index in [1.54, 1.807) is 51.6 Å². The van der Waals surface area contributed by atoms with Crippen molar-refractivity contribution in [2.24, 2.45) is 0 Å². The number of halogens is 3. The second-order valence-electron chi connectivity index (χ2n) is 10.4. The number of hydrogen-bond acceptors (Lipinski definition) is 8. The summed E-state index contributed by atoms with van der Waals surface area (Å²) in [6, 6.07) is 16.9. The number of pyridine rings is 1. The molecule has 15 heteroatoms. The third kappa shape index (κ3) is 10.7. The van der Waals surface area contributed by atoms with Crippen LogP contribution in [0, 0.1) is 13.8 Å². The van der Waals surface area contributed by atoms with Crippen LogP contribution in [0.3, 0.4) is 0 Å². The molecule has 2 heterocycles. The van der Waals surface area contributed by atoms with Gasteiger partial charge in [0.1, 0.15) is 17.8 Å². The van der Waals surface area contributed by atoms with Crippen LogP contribution in [0.2, 0.25) is 0 Å². The summed E-state index contributed by atoms with van der Waals surface area (Å²) < 4.78 is 70.3. The van der Waals surface area contributed by atoms with Gasteiger partial charge in [0.15, 0.2) is 0 Å². The first-order valence-corrected chi connectivity index (χ1v) is 15.5. The van der Waals surface area contributed by atoms with E-state index < -0.39 is 22.2 Å². The number of aryl methyl sites for hydroxylation is 2. The molecule has 0 atom stereocenters. The van der Waals surface area contributed by atoms with Crippen LogP contribution in [-0.2, 0) is 41.0 Å². The quantitative estimate of drug-likeness (QED) is 0.189. The fourth-order valence-electron chi connectivity index (χ4n) is 4.39. The van der Waals surface area contributed by atoms with E-state index in [1.165, 1.54) is 23.2 Å². The van der Waals surface area contributed by atoms with Crippen LogP contribution in [0.25, 0.3) is 0 Å². The zero-order chi connectivity index (χ0) is 34.8. The van der Waals surface area contributed by atoms with Crippen molar-refractivity contribution in [3.8, 4) is 5.75 Å². The maximum absolute atomic E-state index is 13.3. The van der Waals surface area contributed by atoms with E-state index in [1.807, 2.05) is 36.4 Å². The van der Waals surface area contributed by atoms with Gasteiger partial charge in [0.2, 0.25) is 10.0 Å². The maximum atomic E-state index is 13.3. The standard InChI is InChI=1S/C30H34N4O5S.C2HF3O2/c1-21-13-27(38-4)14-22(2)29(21)40(36,37)34(3)19-28-15-26(20-39-28)30(35)33-18-24-7-5-23(6-8-24)16-32-17-25-9-11-31-12-10-25;3-2(4,5)1(6)7/h5-15,20,32H,16-19H2,1-4H3,(H,33,35);(H,6,7). The third-order valence-electron chi connectivity index (χ3n) is 6.76. The number of carboxylic acids is 1. The van der Waals surface area contributed by atoms with Crippen molar-refractivity contribution in [1.29, 1.82) is 0 Å². The molecule has 11 nitrogen and oxygen atoms in total. The summed E-state index contributed by atoms with van der Waals surface area (Å²) in [5.41, 5.74) is 4.80. The molecule has 0 fully saturated rings. The van der Waals surface area contributed by atoms with E-state index in [4.69, 9.17) is 19.1 Å². The molecule has 0 aliphatic rings. The van der Waals surface area contributed by atoms with Crippen molar-refractivity contribution in [3.63, 3.8) is 0 Å². The normalized spacial score (nSPS) is 11.5. The van der Waals surface area contributed by atoms with Gasteiger partial charge in [-0.05, 0) is 72.0 Å². The van der Waals surface area contributed by atoms with Gasteiger partial charge in [-0.25, -0.2) is 13.2 Å². The van der Waals surface area contributed by atoms with Crippen molar-refractivity contribution >= 4 is 21.9 Å². The van der Waals surface area contributed by atoms with E-state index in [0.29, 0.717) is 34.7 Å². The van der Waals surface area contributed by atoms with Crippen LogP contribution < -0.4 is 15.4 Å². The largest absolute Gasteiger partial charge is 0.497 e. The minimum atomic E-state index is -5.08. The summed E-state index contributed by atoms with van der Waals surface area (Å²) in [5.74, 6) is -2.09. The van der Waals surface area contributed by atoms with Gasteiger partial charge in [0, 0.05) is 39.1 Å². The Morgan fingerprint density at radius 3 is 1.96 bits per heavy atom. The Hall–Kier alpha value is -4.73. The summed E-state index contributed by atoms with van der Waals surface area (Å²) in [6.45, 7) is 5.30. The zero-order valence-corrected chi connectivity index (χ0v) is 26.9. The average molecular weight is 677 g/mol. The molecule has 4 aromatic rings. The van der Waals surface area contributed by atoms with Gasteiger partial charge in [-0.1, -0.05) is 24.3 Å². The van der Waals surface area contributed by atoms with Gasteiger partial charge in [-0.15, -0.1) is 0 Å². The molecular formula is C32H35F3N4O7S. The zero-order valence-electron chi connectivity index (χ0n) is 26.1. The Morgan fingerprint density at radius 1 is 0.936 bits per heavy atom. The molecular weight excluding hydrogens is 641 g/mol. The van der Waals surface area contributed by atoms with Gasteiger partial charge < -0.3 is 24.9 Å². The highest BCUT2D eigenvalue weighted by Crippen LogP contribution is 2.28. The van der Waals surface area contributed by atoms with Crippen LogP contribution in [0.5, 0.6) is 5.75 Å². The van der Waals surface area contributed by atoms with Crippen LogP contribution in [0.1, 0.15) is 43.9 Å². The Kier molecular flexibility index (Phi) is 12.7. The lowest BCUT2D eigenvalue weighted by atomic mass is 10.1. The van der Waals surface area contributed by atoms with E-state index in [0.717, 1.165) is 24.2 Å². The number of rotatable bonds is 12. The number of carboxylic acid groups (broad SMARTS) is 1. The summed E-state index contributed by atoms with van der Waals surface area (Å²) in [4.78, 5) is 25.8. The van der Waals surface area contributed by atoms with Gasteiger partial charge in [-0.3, -0.25) is 9.78 Å². The summed E-state index contributed by atoms with van der Waals surface area (Å²) >= 11 is 0. The van der Waals surface area contributed by atoms with Gasteiger partial charge >= 0.3 is 12.1 Å². The molecule has 0 saturated carbocycles. The van der Waals surface area contributed by atoms with E-state index in [-0.39, 0.29) is 17.3 Å². The van der Waals surface area contributed by atoms with Crippen LogP contribution in [0.15, 0.2) is 82.6 Å². The van der Waals surface area contributed by atoms with Gasteiger partial charge in [0.05, 0.1) is 24.1 Å². The maximum Gasteiger partial charge on any atom is 0.490 e. The molecule has 2 aromatic heterocycles. The average Bonchev–Trinajstić information content (AvgIpc) is 3.49. The van der Waals surface area contributed by atoms with Crippen molar-refractivity contribution in [3.05, 3.63) is 112 Å². The monoisotopic (exact) mass is 676 g/mol. The molecule has 0 aliphatic heterocycles. The van der Waals surface area contributed by atoms with E-state index in [9.17, 15) is 26.4 Å². The lowest BCUT2D eigenvalue weighted by molar-refractivity contribution is -0.192. The number of carbonyl (C=O) groups excluding carboxylic acids is 1. The number of methoxy groups -OCH3 is 1. The molecule has 0 spiro atoms. The number of aliphatic carboxylic acids is 1. The molecule has 47 heavy (non-hydrogen) atoms. The molecule has 4 rings (SSSR count). The first kappa shape index (κ1) is 36.7. The Morgan fingerprint density at radius 2 is 1.45 bits per heavy atom. The van der Waals surface area contributed by atoms with Crippen LogP contribution in [-0.4, -0.2) is 55.0 Å². The highest BCUT2D eigenvalue weighted by atomic mass is 32.2. The molecule has 252 valence electrons. The predicted octanol–water partition coefficient (Wildman–Crippen LogP) is 4.97. The number of amides is 1. The third-order valence-corrected chi connectivity index (χ3v) is 8.87. The SMILES string of the molecule is COc1cc(C)c(S(=O)(=O)N(C)Cc2cc(C(=O)NCc3ccc(CNCc4ccncc4)cc3)co2)c(C)c1.O=C(O)C(F)(F)F. The van der Waals surface area contributed by atoms with Crippen molar-refractivity contribution in [1.82, 2.24) is 19.9 Å². The number of nitrogens with one attached hydrogen (secondary N) is 2. The van der Waals surface area contributed by atoms with Crippen molar-refractivity contribution in [2.45, 2.75) is 51.1 Å². The highest BCUT2D eigenvalue weighted by Gasteiger charge is 2.38. The number of hydrogen-bond donors (Lipinski definition) is 3. The summed E-state index contributed by atoms with van der Waals surface area (Å²) in [7, 11) is -0.767. The molecule has 3 N–H and O–H groups in total. The number of ether oxygens (including phenoxy) is 1. The Balaban J connectivity index is 0.000000771. The highest BCUT2D eigenvalue weighted by molar-refractivity contribution is 7.89. The predicted molar refractivity (Wildman–Crippen MR) is 166 cm³/mol. The second kappa shape index (κ2) is 16.2. The number of carbonyl (C=O) groups is 2. The van der Waals surface area contributed by atoms with E-state index >= 15 is 0 Å². The second-order valence-corrected chi connectivity index (χ2v) is 12.4. The lowest BCUT2D eigenvalue weighted by Crippen LogP contribution is -2.27. The number of benzene rings is 2.